The SMILES string of the molecule is CCOc1cc(C(=O)OCC(=O)N2CCc3ccccc32)cc(Cl)c1O. The fourth-order valence-electron chi connectivity index (χ4n) is 2.84. The van der Waals surface area contributed by atoms with Crippen LogP contribution in [-0.2, 0) is 16.0 Å². The van der Waals surface area contributed by atoms with Gasteiger partial charge in [-0.1, -0.05) is 29.8 Å². The number of carbonyl (C=O) groups is 2. The van der Waals surface area contributed by atoms with Crippen LogP contribution in [0.5, 0.6) is 11.5 Å². The summed E-state index contributed by atoms with van der Waals surface area (Å²) in [5, 5.41) is 9.79. The number of para-hydroxylation sites is 1. The second-order valence-electron chi connectivity index (χ2n) is 5.74. The van der Waals surface area contributed by atoms with E-state index in [4.69, 9.17) is 21.1 Å². The lowest BCUT2D eigenvalue weighted by molar-refractivity contribution is -0.121. The summed E-state index contributed by atoms with van der Waals surface area (Å²) < 4.78 is 10.4. The van der Waals surface area contributed by atoms with Crippen LogP contribution < -0.4 is 9.64 Å². The van der Waals surface area contributed by atoms with Crippen molar-refractivity contribution in [3.8, 4) is 11.5 Å². The molecule has 1 heterocycles. The number of hydrogen-bond acceptors (Lipinski definition) is 5. The maximum atomic E-state index is 12.4. The molecule has 0 atom stereocenters. The fraction of sp³-hybridized carbons (Fsp3) is 0.263. The molecule has 136 valence electrons. The van der Waals surface area contributed by atoms with Crippen LogP contribution in [0.1, 0.15) is 22.8 Å². The van der Waals surface area contributed by atoms with Gasteiger partial charge in [-0.15, -0.1) is 0 Å². The Bertz CT molecular complexity index is 852. The number of phenolic OH excluding ortho intramolecular Hbond substituents is 1. The third-order valence-electron chi connectivity index (χ3n) is 4.08. The lowest BCUT2D eigenvalue weighted by Gasteiger charge is -2.17. The zero-order valence-corrected chi connectivity index (χ0v) is 15.0. The quantitative estimate of drug-likeness (QED) is 0.812. The van der Waals surface area contributed by atoms with Gasteiger partial charge < -0.3 is 19.5 Å². The molecule has 6 nitrogen and oxygen atoms in total. The Hall–Kier alpha value is -2.73. The number of ether oxygens (including phenoxy) is 2. The molecule has 0 aromatic heterocycles. The highest BCUT2D eigenvalue weighted by atomic mass is 35.5. The molecule has 0 fully saturated rings. The van der Waals surface area contributed by atoms with E-state index in [1.165, 1.54) is 12.1 Å². The summed E-state index contributed by atoms with van der Waals surface area (Å²) in [4.78, 5) is 26.2. The number of nitrogens with zero attached hydrogens (tertiary/aromatic N) is 1. The number of carbonyl (C=O) groups excluding carboxylic acids is 2. The molecule has 2 aromatic carbocycles. The van der Waals surface area contributed by atoms with Crippen LogP contribution in [0.4, 0.5) is 5.69 Å². The van der Waals surface area contributed by atoms with Crippen LogP contribution in [0.3, 0.4) is 0 Å². The summed E-state index contributed by atoms with van der Waals surface area (Å²) in [6.07, 6.45) is 0.779. The molecule has 7 heteroatoms. The second kappa shape index (κ2) is 7.66. The molecule has 0 spiro atoms. The predicted molar refractivity (Wildman–Crippen MR) is 97.1 cm³/mol. The second-order valence-corrected chi connectivity index (χ2v) is 6.15. The standard InChI is InChI=1S/C19H18ClNO5/c1-2-25-16-10-13(9-14(20)18(16)23)19(24)26-11-17(22)21-8-7-12-5-3-4-6-15(12)21/h3-6,9-10,23H,2,7-8,11H2,1H3. The Kier molecular flexibility index (Phi) is 5.32. The number of phenols is 1. The van der Waals surface area contributed by atoms with Gasteiger partial charge in [0.2, 0.25) is 0 Å². The molecule has 3 rings (SSSR count). The van der Waals surface area contributed by atoms with Crippen LogP contribution >= 0.6 is 11.6 Å². The first-order valence-electron chi connectivity index (χ1n) is 8.22. The Morgan fingerprint density at radius 1 is 1.27 bits per heavy atom. The van der Waals surface area contributed by atoms with Gasteiger partial charge in [0, 0.05) is 12.2 Å². The third kappa shape index (κ3) is 3.60. The lowest BCUT2D eigenvalue weighted by atomic mass is 10.2. The number of fused-ring (bicyclic) bond motifs is 1. The molecule has 0 radical (unpaired) electrons. The molecule has 1 N–H and O–H groups in total. The van der Waals surface area contributed by atoms with E-state index in [1.807, 2.05) is 24.3 Å². The number of halogens is 1. The van der Waals surface area contributed by atoms with Gasteiger partial charge >= 0.3 is 5.97 Å². The number of anilines is 1. The molecular weight excluding hydrogens is 358 g/mol. The molecular formula is C19H18ClNO5. The average molecular weight is 376 g/mol. The first-order valence-corrected chi connectivity index (χ1v) is 8.59. The van der Waals surface area contributed by atoms with Crippen molar-refractivity contribution in [2.75, 3.05) is 24.7 Å². The zero-order valence-electron chi connectivity index (χ0n) is 14.2. The van der Waals surface area contributed by atoms with Gasteiger partial charge in [-0.3, -0.25) is 4.79 Å². The van der Waals surface area contributed by atoms with Crippen molar-refractivity contribution >= 4 is 29.2 Å². The maximum Gasteiger partial charge on any atom is 0.338 e. The fourth-order valence-corrected chi connectivity index (χ4v) is 3.05. The van der Waals surface area contributed by atoms with E-state index in [2.05, 4.69) is 0 Å². The Morgan fingerprint density at radius 2 is 2.04 bits per heavy atom. The van der Waals surface area contributed by atoms with Gasteiger partial charge in [0.05, 0.1) is 17.2 Å². The van der Waals surface area contributed by atoms with E-state index in [9.17, 15) is 14.7 Å². The summed E-state index contributed by atoms with van der Waals surface area (Å²) >= 11 is 5.91. The van der Waals surface area contributed by atoms with Gasteiger partial charge in [-0.05, 0) is 37.1 Å². The van der Waals surface area contributed by atoms with Crippen LogP contribution in [-0.4, -0.2) is 36.7 Å². The van der Waals surface area contributed by atoms with Crippen LogP contribution in [0.15, 0.2) is 36.4 Å². The van der Waals surface area contributed by atoms with Crippen molar-refractivity contribution in [1.82, 2.24) is 0 Å². The largest absolute Gasteiger partial charge is 0.503 e. The summed E-state index contributed by atoms with van der Waals surface area (Å²) in [6.45, 7) is 2.23. The van der Waals surface area contributed by atoms with Crippen molar-refractivity contribution in [2.24, 2.45) is 0 Å². The van der Waals surface area contributed by atoms with E-state index in [0.717, 1.165) is 17.7 Å². The first-order chi connectivity index (χ1) is 12.5. The highest BCUT2D eigenvalue weighted by molar-refractivity contribution is 6.32. The van der Waals surface area contributed by atoms with E-state index in [0.29, 0.717) is 13.2 Å². The van der Waals surface area contributed by atoms with Crippen LogP contribution in [0.25, 0.3) is 0 Å². The molecule has 0 bridgehead atoms. The minimum Gasteiger partial charge on any atom is -0.503 e. The Morgan fingerprint density at radius 3 is 2.81 bits per heavy atom. The van der Waals surface area contributed by atoms with Crippen molar-refractivity contribution < 1.29 is 24.2 Å². The average Bonchev–Trinajstić information content (AvgIpc) is 3.07. The van der Waals surface area contributed by atoms with Crippen molar-refractivity contribution in [3.05, 3.63) is 52.5 Å². The summed E-state index contributed by atoms with van der Waals surface area (Å²) in [6, 6.07) is 10.3. The molecule has 1 amide bonds. The molecule has 1 aliphatic heterocycles. The van der Waals surface area contributed by atoms with E-state index < -0.39 is 5.97 Å². The molecule has 0 saturated heterocycles. The normalized spacial score (nSPS) is 12.6. The molecule has 2 aromatic rings. The Labute approximate surface area is 155 Å². The zero-order chi connectivity index (χ0) is 18.7. The molecule has 1 aliphatic rings. The van der Waals surface area contributed by atoms with Gasteiger partial charge in [0.25, 0.3) is 5.91 Å². The Balaban J connectivity index is 1.67. The summed E-state index contributed by atoms with van der Waals surface area (Å²) in [5.41, 5.74) is 2.05. The predicted octanol–water partition coefficient (Wildman–Crippen LogP) is 3.19. The smallest absolute Gasteiger partial charge is 0.338 e. The van der Waals surface area contributed by atoms with E-state index >= 15 is 0 Å². The van der Waals surface area contributed by atoms with Crippen molar-refractivity contribution in [3.63, 3.8) is 0 Å². The van der Waals surface area contributed by atoms with Crippen molar-refractivity contribution in [1.29, 1.82) is 0 Å². The minimum atomic E-state index is -0.714. The maximum absolute atomic E-state index is 12.4. The van der Waals surface area contributed by atoms with Gasteiger partial charge in [0.1, 0.15) is 0 Å². The topological polar surface area (TPSA) is 76.1 Å². The molecule has 0 saturated carbocycles. The number of amides is 1. The number of aromatic hydroxyl groups is 1. The van der Waals surface area contributed by atoms with Crippen LogP contribution in [0, 0.1) is 0 Å². The summed E-state index contributed by atoms with van der Waals surface area (Å²) in [7, 11) is 0. The van der Waals surface area contributed by atoms with Gasteiger partial charge in [-0.2, -0.15) is 0 Å². The molecule has 26 heavy (non-hydrogen) atoms. The van der Waals surface area contributed by atoms with Gasteiger partial charge in [-0.25, -0.2) is 4.79 Å². The summed E-state index contributed by atoms with van der Waals surface area (Å²) in [5.74, 6) is -1.16. The van der Waals surface area contributed by atoms with Gasteiger partial charge in [0.15, 0.2) is 18.1 Å². The first kappa shape index (κ1) is 18.1. The number of rotatable bonds is 5. The van der Waals surface area contributed by atoms with Crippen LogP contribution in [0.2, 0.25) is 5.02 Å². The van der Waals surface area contributed by atoms with Crippen molar-refractivity contribution in [2.45, 2.75) is 13.3 Å². The number of benzene rings is 2. The molecule has 0 aliphatic carbocycles. The third-order valence-corrected chi connectivity index (χ3v) is 4.37. The minimum absolute atomic E-state index is 0.0253. The number of hydrogen-bond donors (Lipinski definition) is 1. The van der Waals surface area contributed by atoms with E-state index in [-0.39, 0.29) is 34.6 Å². The van der Waals surface area contributed by atoms with E-state index in [1.54, 1.807) is 11.8 Å². The monoisotopic (exact) mass is 375 g/mol. The highest BCUT2D eigenvalue weighted by Crippen LogP contribution is 2.35. The lowest BCUT2D eigenvalue weighted by Crippen LogP contribution is -2.33. The number of esters is 1. The highest BCUT2D eigenvalue weighted by Gasteiger charge is 2.25. The molecule has 0 unspecified atom stereocenters.